The third-order valence-corrected chi connectivity index (χ3v) is 8.12. The molecule has 9 rings (SSSR count). The van der Waals surface area contributed by atoms with E-state index < -0.39 is 60.4 Å². The smallest absolute Gasteiger partial charge is 0.164 e. The number of halogens is 1. The molecule has 0 aliphatic heterocycles. The van der Waals surface area contributed by atoms with Gasteiger partial charge in [-0.15, -0.1) is 0 Å². The van der Waals surface area contributed by atoms with E-state index in [1.807, 2.05) is 36.4 Å². The third-order valence-electron chi connectivity index (χ3n) is 7.91. The summed E-state index contributed by atoms with van der Waals surface area (Å²) in [7, 11) is 0. The van der Waals surface area contributed by atoms with Gasteiger partial charge >= 0.3 is 0 Å². The second-order valence-electron chi connectivity index (χ2n) is 10.7. The summed E-state index contributed by atoms with van der Waals surface area (Å²) < 4.78 is 124. The van der Waals surface area contributed by atoms with Gasteiger partial charge in [0.1, 0.15) is 11.2 Å². The van der Waals surface area contributed by atoms with Gasteiger partial charge in [0.15, 0.2) is 17.5 Å². The molecule has 0 bridgehead atoms. The number of benzene rings is 7. The van der Waals surface area contributed by atoms with Crippen LogP contribution >= 0.6 is 11.6 Å². The molecule has 9 aromatic rings. The Balaban J connectivity index is 1.21. The van der Waals surface area contributed by atoms with E-state index >= 15 is 0 Å². The van der Waals surface area contributed by atoms with Crippen LogP contribution in [0.4, 0.5) is 0 Å². The molecule has 2 aromatic heterocycles. The number of hydrogen-bond acceptors (Lipinski definition) is 4. The Kier molecular flexibility index (Phi) is 4.15. The van der Waals surface area contributed by atoms with Crippen molar-refractivity contribution < 1.29 is 23.6 Å². The van der Waals surface area contributed by atoms with Crippen molar-refractivity contribution in [2.75, 3.05) is 0 Å². The van der Waals surface area contributed by atoms with E-state index in [0.29, 0.717) is 27.5 Å². The van der Waals surface area contributed by atoms with E-state index in [1.54, 1.807) is 24.3 Å². The number of nitrogens with zero attached hydrogens (tertiary/aromatic N) is 3. The fourth-order valence-electron chi connectivity index (χ4n) is 5.77. The van der Waals surface area contributed by atoms with Crippen LogP contribution in [0.5, 0.6) is 0 Å². The van der Waals surface area contributed by atoms with Gasteiger partial charge in [-0.25, -0.2) is 15.0 Å². The minimum Gasteiger partial charge on any atom is -0.456 e. The highest BCUT2D eigenvalue weighted by molar-refractivity contribution is 6.31. The number of furan rings is 1. The predicted molar refractivity (Wildman–Crippen MR) is 197 cm³/mol. The SMILES string of the molecule is [2H]c1cc2c(oc3c([2H])cc([2H])c(-c4ccc(-c5ccc(-c6nc(-c7c([2H])c([2H])c([2H])c([2H])c7[2H])nc(-c7c([2H])c([2H])c([2H])c([2H])c7[2H])n6)cc5)c5ccccc45)c32)c([2H])c1Cl. The summed E-state index contributed by atoms with van der Waals surface area (Å²) in [5.74, 6) is -0.806. The van der Waals surface area contributed by atoms with E-state index in [1.165, 1.54) is 12.1 Å². The molecule has 0 spiro atoms. The molecule has 0 radical (unpaired) electrons. The Bertz CT molecular complexity index is 3290. The molecule has 0 atom stereocenters. The van der Waals surface area contributed by atoms with Crippen molar-refractivity contribution >= 4 is 44.3 Å². The Hall–Kier alpha value is -6.10. The van der Waals surface area contributed by atoms with Crippen molar-refractivity contribution in [1.29, 1.82) is 0 Å². The zero-order chi connectivity index (χ0) is 44.2. The van der Waals surface area contributed by atoms with Crippen LogP contribution in [0.25, 0.3) is 89.1 Å². The molecule has 0 aliphatic carbocycles. The summed E-state index contributed by atoms with van der Waals surface area (Å²) >= 11 is 6.24. The largest absolute Gasteiger partial charge is 0.456 e. The fraction of sp³-hybridized carbons (Fsp3) is 0. The Morgan fingerprint density at radius 3 is 1.71 bits per heavy atom. The van der Waals surface area contributed by atoms with Crippen LogP contribution in [0.3, 0.4) is 0 Å². The van der Waals surface area contributed by atoms with Gasteiger partial charge in [0.2, 0.25) is 0 Å². The summed E-state index contributed by atoms with van der Waals surface area (Å²) in [6, 6.07) is 14.6. The first kappa shape index (κ1) is 17.2. The van der Waals surface area contributed by atoms with Crippen LogP contribution < -0.4 is 0 Å². The van der Waals surface area contributed by atoms with Crippen LogP contribution in [0.2, 0.25) is 5.02 Å². The minimum absolute atomic E-state index is 0.0452. The lowest BCUT2D eigenvalue weighted by Gasteiger charge is -2.13. The van der Waals surface area contributed by atoms with Gasteiger partial charge in [0, 0.05) is 38.5 Å². The zero-order valence-electron chi connectivity index (χ0n) is 38.6. The predicted octanol–water partition coefficient (Wildman–Crippen LogP) is 11.9. The first-order valence-corrected chi connectivity index (χ1v) is 15.0. The number of aromatic nitrogens is 3. The molecule has 7 aromatic carbocycles. The molecule has 2 heterocycles. The Morgan fingerprint density at radius 1 is 0.458 bits per heavy atom. The molecule has 226 valence electrons. The normalized spacial score (nSPS) is 15.5. The molecule has 0 saturated heterocycles. The van der Waals surface area contributed by atoms with Gasteiger partial charge in [0.05, 0.1) is 19.2 Å². The molecular weight excluding hydrogens is 610 g/mol. The quantitative estimate of drug-likeness (QED) is 0.186. The molecule has 48 heavy (non-hydrogen) atoms. The monoisotopic (exact) mass is 649 g/mol. The van der Waals surface area contributed by atoms with E-state index in [9.17, 15) is 0 Å². The molecule has 0 amide bonds. The maximum absolute atomic E-state index is 9.05. The summed E-state index contributed by atoms with van der Waals surface area (Å²) in [4.78, 5) is 13.4. The highest BCUT2D eigenvalue weighted by atomic mass is 35.5. The van der Waals surface area contributed by atoms with Crippen molar-refractivity contribution in [3.63, 3.8) is 0 Å². The van der Waals surface area contributed by atoms with Crippen molar-refractivity contribution in [3.05, 3.63) is 162 Å². The second kappa shape index (κ2) is 11.6. The van der Waals surface area contributed by atoms with Crippen LogP contribution in [0.15, 0.2) is 162 Å². The topological polar surface area (TPSA) is 51.8 Å². The standard InChI is InChI=1S/C43H26ClN3O/c44-31-22-23-37-39(26-31)48-38-17-9-16-36(40(37)38)35-25-24-32(33-14-7-8-15-34(33)35)27-18-20-30(21-19-27)43-46-41(28-10-3-1-4-11-28)45-42(47-43)29-12-5-2-6-13-29/h1-26H/i1D,2D,3D,4D,5D,6D,10D,11D,12D,13D,16D,17D,22D,26D. The van der Waals surface area contributed by atoms with Crippen molar-refractivity contribution in [3.8, 4) is 56.4 Å². The molecule has 0 unspecified atom stereocenters. The van der Waals surface area contributed by atoms with Crippen LogP contribution in [-0.2, 0) is 0 Å². The maximum Gasteiger partial charge on any atom is 0.164 e. The Morgan fingerprint density at radius 2 is 1.04 bits per heavy atom. The fourth-order valence-corrected chi connectivity index (χ4v) is 5.91. The number of fused-ring (bicyclic) bond motifs is 4. The lowest BCUT2D eigenvalue weighted by atomic mass is 9.90. The Labute approximate surface area is 301 Å². The molecule has 0 fully saturated rings. The lowest BCUT2D eigenvalue weighted by molar-refractivity contribution is 0.669. The number of rotatable bonds is 5. The van der Waals surface area contributed by atoms with E-state index in [2.05, 4.69) is 15.0 Å². The van der Waals surface area contributed by atoms with Gasteiger partial charge in [-0.05, 0) is 51.2 Å². The van der Waals surface area contributed by atoms with Crippen LogP contribution in [0.1, 0.15) is 19.2 Å². The van der Waals surface area contributed by atoms with Crippen molar-refractivity contribution in [2.45, 2.75) is 0 Å². The van der Waals surface area contributed by atoms with Gasteiger partial charge in [0.25, 0.3) is 0 Å². The average Bonchev–Trinajstić information content (AvgIpc) is 3.65. The van der Waals surface area contributed by atoms with E-state index in [4.69, 9.17) is 35.2 Å². The molecule has 4 nitrogen and oxygen atoms in total. The lowest BCUT2D eigenvalue weighted by Crippen LogP contribution is -2.00. The van der Waals surface area contributed by atoms with Gasteiger partial charge in [-0.3, -0.25) is 0 Å². The maximum atomic E-state index is 9.05. The van der Waals surface area contributed by atoms with Gasteiger partial charge < -0.3 is 4.42 Å². The summed E-state index contributed by atoms with van der Waals surface area (Å²) in [5.41, 5.74) is 2.53. The van der Waals surface area contributed by atoms with Crippen molar-refractivity contribution in [1.82, 2.24) is 15.0 Å². The highest BCUT2D eigenvalue weighted by Gasteiger charge is 2.17. The van der Waals surface area contributed by atoms with Crippen LogP contribution in [0, 0.1) is 0 Å². The average molecular weight is 650 g/mol. The van der Waals surface area contributed by atoms with Crippen molar-refractivity contribution in [2.24, 2.45) is 0 Å². The van der Waals surface area contributed by atoms with Gasteiger partial charge in [-0.1, -0.05) is 145 Å². The molecule has 5 heteroatoms. The van der Waals surface area contributed by atoms with E-state index in [-0.39, 0.29) is 69.0 Å². The summed E-state index contributed by atoms with van der Waals surface area (Å²) in [6.07, 6.45) is 0. The summed E-state index contributed by atoms with van der Waals surface area (Å²) in [5, 5.41) is 2.28. The third kappa shape index (κ3) is 4.91. The first-order valence-electron chi connectivity index (χ1n) is 21.7. The van der Waals surface area contributed by atoms with Gasteiger partial charge in [-0.2, -0.15) is 0 Å². The minimum atomic E-state index is -0.640. The molecule has 0 N–H and O–H groups in total. The number of hydrogen-bond donors (Lipinski definition) is 0. The second-order valence-corrected chi connectivity index (χ2v) is 11.1. The van der Waals surface area contributed by atoms with Crippen LogP contribution in [-0.4, -0.2) is 15.0 Å². The highest BCUT2D eigenvalue weighted by Crippen LogP contribution is 2.42. The summed E-state index contributed by atoms with van der Waals surface area (Å²) in [6.45, 7) is 0. The molecule has 0 aliphatic rings. The molecule has 0 saturated carbocycles. The van der Waals surface area contributed by atoms with E-state index in [0.717, 1.165) is 21.9 Å². The molecular formula is C43H26ClN3O. The zero-order valence-corrected chi connectivity index (χ0v) is 25.3. The first-order chi connectivity index (χ1) is 29.5.